The minimum absolute atomic E-state index is 0.312. The monoisotopic (exact) mass is 359 g/mol. The first kappa shape index (κ1) is 15.9. The Morgan fingerprint density at radius 2 is 1.81 bits per heavy atom. The number of piperazine rings is 1. The lowest BCUT2D eigenvalue weighted by atomic mass is 9.99. The third-order valence-electron chi connectivity index (χ3n) is 5.21. The molecule has 4 heteroatoms. The maximum atomic E-state index is 4.25. The molecule has 1 atom stereocenters. The summed E-state index contributed by atoms with van der Waals surface area (Å²) in [6, 6.07) is 20.3. The normalized spacial score (nSPS) is 16.9. The second kappa shape index (κ2) is 6.80. The van der Waals surface area contributed by atoms with Crippen molar-refractivity contribution in [2.24, 2.45) is 0 Å². The van der Waals surface area contributed by atoms with E-state index in [0.29, 0.717) is 6.04 Å². The summed E-state index contributed by atoms with van der Waals surface area (Å²) in [5, 5.41) is 7.29. The molecule has 1 N–H and O–H groups in total. The van der Waals surface area contributed by atoms with E-state index in [1.54, 1.807) is 0 Å². The molecule has 1 saturated heterocycles. The lowest BCUT2D eigenvalue weighted by molar-refractivity contribution is 0.201. The van der Waals surface area contributed by atoms with E-state index in [4.69, 9.17) is 0 Å². The number of benzene rings is 2. The molecule has 3 nitrogen and oxygen atoms in total. The number of fused-ring (bicyclic) bond motifs is 2. The number of pyridine rings is 1. The van der Waals surface area contributed by atoms with Gasteiger partial charge in [-0.2, -0.15) is 0 Å². The van der Waals surface area contributed by atoms with Crippen molar-refractivity contribution >= 4 is 32.2 Å². The Labute approximate surface area is 157 Å². The van der Waals surface area contributed by atoms with Crippen molar-refractivity contribution in [3.05, 3.63) is 77.4 Å². The number of thiophene rings is 1. The Balaban J connectivity index is 1.64. The average molecular weight is 359 g/mol. The van der Waals surface area contributed by atoms with E-state index < -0.39 is 0 Å². The minimum Gasteiger partial charge on any atom is -0.314 e. The molecule has 2 aromatic carbocycles. The van der Waals surface area contributed by atoms with Gasteiger partial charge in [0.25, 0.3) is 0 Å². The molecule has 1 unspecified atom stereocenters. The number of hydrogen-bond donors (Lipinski definition) is 1. The molecule has 5 rings (SSSR count). The molecule has 3 heterocycles. The fraction of sp³-hybridized carbons (Fsp3) is 0.227. The van der Waals surface area contributed by atoms with Crippen LogP contribution in [0.3, 0.4) is 0 Å². The standard InChI is InChI=1S/C22H21N3S/c1-2-4-20-17(3-1)14-21(26-20)22(25-11-9-23-10-12-25)18-5-6-19-15-24-8-7-16(19)13-18/h1-8,13-15,22-23H,9-12H2. The highest BCUT2D eigenvalue weighted by molar-refractivity contribution is 7.19. The first-order chi connectivity index (χ1) is 12.9. The van der Waals surface area contributed by atoms with Gasteiger partial charge in [-0.25, -0.2) is 0 Å². The zero-order valence-corrected chi connectivity index (χ0v) is 15.4. The Morgan fingerprint density at radius 3 is 2.69 bits per heavy atom. The van der Waals surface area contributed by atoms with Crippen LogP contribution in [-0.2, 0) is 0 Å². The van der Waals surface area contributed by atoms with Crippen molar-refractivity contribution in [1.29, 1.82) is 0 Å². The van der Waals surface area contributed by atoms with Gasteiger partial charge in [0.15, 0.2) is 0 Å². The summed E-state index contributed by atoms with van der Waals surface area (Å²) in [5.41, 5.74) is 1.37. The number of nitrogens with zero attached hydrogens (tertiary/aromatic N) is 2. The van der Waals surface area contributed by atoms with Gasteiger partial charge in [0.05, 0.1) is 6.04 Å². The van der Waals surface area contributed by atoms with E-state index >= 15 is 0 Å². The molecule has 0 saturated carbocycles. The van der Waals surface area contributed by atoms with Gasteiger partial charge in [0, 0.05) is 53.5 Å². The fourth-order valence-electron chi connectivity index (χ4n) is 3.90. The van der Waals surface area contributed by atoms with E-state index in [-0.39, 0.29) is 0 Å². The van der Waals surface area contributed by atoms with Crippen LogP contribution < -0.4 is 5.32 Å². The van der Waals surface area contributed by atoms with Gasteiger partial charge in [-0.05, 0) is 40.6 Å². The van der Waals surface area contributed by atoms with Crippen molar-refractivity contribution in [1.82, 2.24) is 15.2 Å². The Hall–Kier alpha value is -2.27. The lowest BCUT2D eigenvalue weighted by Gasteiger charge is -2.35. The number of hydrogen-bond acceptors (Lipinski definition) is 4. The molecule has 130 valence electrons. The second-order valence-corrected chi connectivity index (χ2v) is 7.97. The zero-order chi connectivity index (χ0) is 17.3. The van der Waals surface area contributed by atoms with E-state index in [0.717, 1.165) is 26.2 Å². The van der Waals surface area contributed by atoms with Crippen molar-refractivity contribution in [3.63, 3.8) is 0 Å². The van der Waals surface area contributed by atoms with Gasteiger partial charge >= 0.3 is 0 Å². The molecule has 1 aliphatic heterocycles. The molecule has 1 fully saturated rings. The molecule has 0 radical (unpaired) electrons. The van der Waals surface area contributed by atoms with Crippen LogP contribution >= 0.6 is 11.3 Å². The molecule has 2 aromatic heterocycles. The highest BCUT2D eigenvalue weighted by Gasteiger charge is 2.25. The average Bonchev–Trinajstić information content (AvgIpc) is 3.12. The van der Waals surface area contributed by atoms with Crippen LogP contribution in [0.1, 0.15) is 16.5 Å². The van der Waals surface area contributed by atoms with Crippen LogP contribution in [0, 0.1) is 0 Å². The van der Waals surface area contributed by atoms with Crippen LogP contribution in [0.4, 0.5) is 0 Å². The topological polar surface area (TPSA) is 28.2 Å². The van der Waals surface area contributed by atoms with Crippen LogP contribution in [0.25, 0.3) is 20.9 Å². The predicted molar refractivity (Wildman–Crippen MR) is 110 cm³/mol. The predicted octanol–water partition coefficient (Wildman–Crippen LogP) is 4.44. The quantitative estimate of drug-likeness (QED) is 0.586. The van der Waals surface area contributed by atoms with E-state index in [1.165, 1.54) is 31.3 Å². The second-order valence-electron chi connectivity index (χ2n) is 6.86. The maximum absolute atomic E-state index is 4.25. The molecule has 0 spiro atoms. The van der Waals surface area contributed by atoms with Crippen molar-refractivity contribution in [2.45, 2.75) is 6.04 Å². The van der Waals surface area contributed by atoms with Gasteiger partial charge in [-0.1, -0.05) is 30.3 Å². The van der Waals surface area contributed by atoms with Crippen molar-refractivity contribution < 1.29 is 0 Å². The molecule has 26 heavy (non-hydrogen) atoms. The van der Waals surface area contributed by atoms with Crippen LogP contribution in [-0.4, -0.2) is 36.1 Å². The summed E-state index contributed by atoms with van der Waals surface area (Å²) in [7, 11) is 0. The molecule has 1 aliphatic rings. The summed E-state index contributed by atoms with van der Waals surface area (Å²) >= 11 is 1.92. The third-order valence-corrected chi connectivity index (χ3v) is 6.38. The summed E-state index contributed by atoms with van der Waals surface area (Å²) in [6.45, 7) is 4.26. The van der Waals surface area contributed by atoms with Crippen LogP contribution in [0.2, 0.25) is 0 Å². The first-order valence-electron chi connectivity index (χ1n) is 9.15. The third kappa shape index (κ3) is 2.90. The first-order valence-corrected chi connectivity index (χ1v) is 9.97. The molecular weight excluding hydrogens is 338 g/mol. The van der Waals surface area contributed by atoms with E-state index in [9.17, 15) is 0 Å². The van der Waals surface area contributed by atoms with E-state index in [1.807, 2.05) is 23.7 Å². The highest BCUT2D eigenvalue weighted by atomic mass is 32.1. The zero-order valence-electron chi connectivity index (χ0n) is 14.6. The molecule has 0 amide bonds. The van der Waals surface area contributed by atoms with Gasteiger partial charge < -0.3 is 5.32 Å². The maximum Gasteiger partial charge on any atom is 0.0697 e. The smallest absolute Gasteiger partial charge is 0.0697 e. The summed E-state index contributed by atoms with van der Waals surface area (Å²) in [6.07, 6.45) is 3.82. The van der Waals surface area contributed by atoms with Crippen LogP contribution in [0.15, 0.2) is 67.0 Å². The Kier molecular flexibility index (Phi) is 4.17. The van der Waals surface area contributed by atoms with Crippen molar-refractivity contribution in [3.8, 4) is 0 Å². The SMILES string of the molecule is c1ccc2sc(C(c3ccc4cnccc4c3)N3CCNCC3)cc2c1. The largest absolute Gasteiger partial charge is 0.314 e. The number of nitrogens with one attached hydrogen (secondary N) is 1. The Bertz CT molecular complexity index is 1020. The van der Waals surface area contributed by atoms with Gasteiger partial charge in [0.1, 0.15) is 0 Å². The number of rotatable bonds is 3. The molecular formula is C22H21N3S. The summed E-state index contributed by atoms with van der Waals surface area (Å²) < 4.78 is 1.37. The van der Waals surface area contributed by atoms with Crippen LogP contribution in [0.5, 0.6) is 0 Å². The summed E-state index contributed by atoms with van der Waals surface area (Å²) in [5.74, 6) is 0. The highest BCUT2D eigenvalue weighted by Crippen LogP contribution is 2.37. The number of aromatic nitrogens is 1. The van der Waals surface area contributed by atoms with Gasteiger partial charge in [0.2, 0.25) is 0 Å². The van der Waals surface area contributed by atoms with Crippen molar-refractivity contribution in [2.75, 3.05) is 26.2 Å². The van der Waals surface area contributed by atoms with Gasteiger partial charge in [-0.3, -0.25) is 9.88 Å². The van der Waals surface area contributed by atoms with E-state index in [2.05, 4.69) is 69.8 Å². The lowest BCUT2D eigenvalue weighted by Crippen LogP contribution is -2.45. The summed E-state index contributed by atoms with van der Waals surface area (Å²) in [4.78, 5) is 8.29. The molecule has 4 aromatic rings. The Morgan fingerprint density at radius 1 is 0.923 bits per heavy atom. The van der Waals surface area contributed by atoms with Gasteiger partial charge in [-0.15, -0.1) is 11.3 Å². The molecule has 0 bridgehead atoms. The fourth-order valence-corrected chi connectivity index (χ4v) is 5.13. The molecule has 0 aliphatic carbocycles. The minimum atomic E-state index is 0.312.